The quantitative estimate of drug-likeness (QED) is 0.890. The van der Waals surface area contributed by atoms with E-state index in [9.17, 15) is 5.11 Å². The Balaban J connectivity index is 1.75. The van der Waals surface area contributed by atoms with Gasteiger partial charge in [0.1, 0.15) is 0 Å². The van der Waals surface area contributed by atoms with Gasteiger partial charge in [0.25, 0.3) is 0 Å². The first kappa shape index (κ1) is 11.5. The molecule has 1 saturated heterocycles. The molecule has 0 unspecified atom stereocenters. The number of β-amino-alcohol motifs (C(OH)–C–C–N with tert-alkyl or cyclic N) is 1. The summed E-state index contributed by atoms with van der Waals surface area (Å²) in [6.07, 6.45) is -0.240. The number of benzene rings is 2. The van der Waals surface area contributed by atoms with Crippen LogP contribution >= 0.6 is 0 Å². The zero-order valence-electron chi connectivity index (χ0n) is 10.2. The van der Waals surface area contributed by atoms with Crippen molar-refractivity contribution in [2.75, 3.05) is 6.54 Å². The summed E-state index contributed by atoms with van der Waals surface area (Å²) >= 11 is 0. The van der Waals surface area contributed by atoms with E-state index in [4.69, 9.17) is 0 Å². The molecule has 1 aliphatic rings. The van der Waals surface area contributed by atoms with Gasteiger partial charge in [-0.15, -0.1) is 0 Å². The molecule has 0 amide bonds. The predicted molar refractivity (Wildman–Crippen MR) is 72.0 cm³/mol. The minimum atomic E-state index is -0.240. The predicted octanol–water partition coefficient (Wildman–Crippen LogP) is 2.60. The first-order chi connectivity index (χ1) is 8.84. The number of nitrogens with zero attached hydrogens (tertiary/aromatic N) is 1. The minimum Gasteiger partial charge on any atom is -0.390 e. The third-order valence-electron chi connectivity index (χ3n) is 3.55. The van der Waals surface area contributed by atoms with E-state index < -0.39 is 0 Å². The average Bonchev–Trinajstić information content (AvgIpc) is 2.40. The van der Waals surface area contributed by atoms with Gasteiger partial charge in [-0.3, -0.25) is 4.90 Å². The molecule has 3 rings (SSSR count). The summed E-state index contributed by atoms with van der Waals surface area (Å²) in [5.41, 5.74) is 2.50. The average molecular weight is 239 g/mol. The first-order valence-electron chi connectivity index (χ1n) is 6.35. The Kier molecular flexibility index (Phi) is 3.13. The Morgan fingerprint density at radius 3 is 2.17 bits per heavy atom. The molecule has 2 heteroatoms. The molecule has 2 aromatic rings. The molecule has 0 saturated carbocycles. The minimum absolute atomic E-state index is 0.145. The maximum Gasteiger partial charge on any atom is 0.0864 e. The number of aliphatic hydroxyl groups is 1. The van der Waals surface area contributed by atoms with Gasteiger partial charge >= 0.3 is 0 Å². The molecular weight excluding hydrogens is 222 g/mol. The lowest BCUT2D eigenvalue weighted by Gasteiger charge is -2.45. The molecule has 2 aromatic carbocycles. The van der Waals surface area contributed by atoms with Crippen molar-refractivity contribution < 1.29 is 5.11 Å². The van der Waals surface area contributed by atoms with Crippen LogP contribution < -0.4 is 0 Å². The SMILES string of the molecule is O[C@@H]1CN(Cc2ccccc2)[C@H]1c1ccccc1. The molecule has 1 aliphatic heterocycles. The molecule has 0 spiro atoms. The zero-order valence-corrected chi connectivity index (χ0v) is 10.2. The van der Waals surface area contributed by atoms with Crippen LogP contribution in [0.4, 0.5) is 0 Å². The van der Waals surface area contributed by atoms with Crippen LogP contribution in [0.1, 0.15) is 17.2 Å². The Morgan fingerprint density at radius 2 is 1.56 bits per heavy atom. The van der Waals surface area contributed by atoms with Crippen molar-refractivity contribution in [2.45, 2.75) is 18.7 Å². The van der Waals surface area contributed by atoms with E-state index in [1.54, 1.807) is 0 Å². The fraction of sp³-hybridized carbons (Fsp3) is 0.250. The van der Waals surface area contributed by atoms with Crippen molar-refractivity contribution >= 4 is 0 Å². The van der Waals surface area contributed by atoms with Crippen LogP contribution in [0.2, 0.25) is 0 Å². The van der Waals surface area contributed by atoms with E-state index in [0.717, 1.165) is 13.1 Å². The Morgan fingerprint density at radius 1 is 0.944 bits per heavy atom. The van der Waals surface area contributed by atoms with Gasteiger partial charge in [-0.25, -0.2) is 0 Å². The van der Waals surface area contributed by atoms with Crippen molar-refractivity contribution in [1.82, 2.24) is 4.90 Å². The van der Waals surface area contributed by atoms with Crippen LogP contribution in [0, 0.1) is 0 Å². The first-order valence-corrected chi connectivity index (χ1v) is 6.35. The van der Waals surface area contributed by atoms with Crippen LogP contribution in [0.3, 0.4) is 0 Å². The van der Waals surface area contributed by atoms with Gasteiger partial charge in [0.05, 0.1) is 12.1 Å². The van der Waals surface area contributed by atoms with Gasteiger partial charge in [-0.1, -0.05) is 60.7 Å². The topological polar surface area (TPSA) is 23.5 Å². The fourth-order valence-corrected chi connectivity index (χ4v) is 2.62. The van der Waals surface area contributed by atoms with Crippen molar-refractivity contribution in [3.8, 4) is 0 Å². The van der Waals surface area contributed by atoms with E-state index in [2.05, 4.69) is 41.3 Å². The lowest BCUT2D eigenvalue weighted by Crippen LogP contribution is -2.52. The van der Waals surface area contributed by atoms with E-state index in [1.165, 1.54) is 11.1 Å². The maximum absolute atomic E-state index is 9.97. The summed E-state index contributed by atoms with van der Waals surface area (Å²) in [5.74, 6) is 0. The van der Waals surface area contributed by atoms with E-state index in [1.807, 2.05) is 24.3 Å². The molecule has 2 nitrogen and oxygen atoms in total. The molecule has 1 fully saturated rings. The number of aliphatic hydroxyl groups excluding tert-OH is 1. The monoisotopic (exact) mass is 239 g/mol. The van der Waals surface area contributed by atoms with Crippen molar-refractivity contribution in [1.29, 1.82) is 0 Å². The van der Waals surface area contributed by atoms with Gasteiger partial charge in [0, 0.05) is 13.1 Å². The van der Waals surface area contributed by atoms with Crippen LogP contribution in [-0.4, -0.2) is 22.7 Å². The summed E-state index contributed by atoms with van der Waals surface area (Å²) in [6.45, 7) is 1.66. The summed E-state index contributed by atoms with van der Waals surface area (Å²) < 4.78 is 0. The number of hydrogen-bond donors (Lipinski definition) is 1. The summed E-state index contributed by atoms with van der Waals surface area (Å²) in [7, 11) is 0. The fourth-order valence-electron chi connectivity index (χ4n) is 2.62. The van der Waals surface area contributed by atoms with Crippen LogP contribution in [0.25, 0.3) is 0 Å². The third kappa shape index (κ3) is 2.17. The number of rotatable bonds is 3. The molecule has 0 radical (unpaired) electrons. The molecule has 92 valence electrons. The second-order valence-electron chi connectivity index (χ2n) is 4.84. The molecule has 18 heavy (non-hydrogen) atoms. The highest BCUT2D eigenvalue weighted by Gasteiger charge is 2.38. The van der Waals surface area contributed by atoms with E-state index in [-0.39, 0.29) is 12.1 Å². The smallest absolute Gasteiger partial charge is 0.0864 e. The molecule has 0 bridgehead atoms. The lowest BCUT2D eigenvalue weighted by molar-refractivity contribution is -0.0686. The van der Waals surface area contributed by atoms with Gasteiger partial charge in [-0.2, -0.15) is 0 Å². The van der Waals surface area contributed by atoms with Crippen molar-refractivity contribution in [3.63, 3.8) is 0 Å². The highest BCUT2D eigenvalue weighted by atomic mass is 16.3. The highest BCUT2D eigenvalue weighted by molar-refractivity contribution is 5.24. The van der Waals surface area contributed by atoms with Gasteiger partial charge in [-0.05, 0) is 11.1 Å². The lowest BCUT2D eigenvalue weighted by atomic mass is 9.91. The second kappa shape index (κ2) is 4.92. The second-order valence-corrected chi connectivity index (χ2v) is 4.84. The Hall–Kier alpha value is -1.64. The van der Waals surface area contributed by atoms with Gasteiger partial charge < -0.3 is 5.11 Å². The number of likely N-dealkylation sites (tertiary alicyclic amines) is 1. The maximum atomic E-state index is 9.97. The largest absolute Gasteiger partial charge is 0.390 e. The van der Waals surface area contributed by atoms with Gasteiger partial charge in [0.2, 0.25) is 0 Å². The normalized spacial score (nSPS) is 23.6. The van der Waals surface area contributed by atoms with E-state index >= 15 is 0 Å². The Labute approximate surface area is 107 Å². The number of hydrogen-bond acceptors (Lipinski definition) is 2. The van der Waals surface area contributed by atoms with Crippen LogP contribution in [-0.2, 0) is 6.54 Å². The molecule has 0 aromatic heterocycles. The standard InChI is InChI=1S/C16H17NO/c18-15-12-17(11-13-7-3-1-4-8-13)16(15)14-9-5-2-6-10-14/h1-10,15-16,18H,11-12H2/t15-,16+/m1/s1. The molecular formula is C16H17NO. The van der Waals surface area contributed by atoms with Crippen molar-refractivity contribution in [2.24, 2.45) is 0 Å². The Bertz CT molecular complexity index is 497. The van der Waals surface area contributed by atoms with Crippen molar-refractivity contribution in [3.05, 3.63) is 71.8 Å². The third-order valence-corrected chi connectivity index (χ3v) is 3.55. The van der Waals surface area contributed by atoms with Crippen LogP contribution in [0.15, 0.2) is 60.7 Å². The highest BCUT2D eigenvalue weighted by Crippen LogP contribution is 2.34. The summed E-state index contributed by atoms with van der Waals surface area (Å²) in [5, 5.41) is 9.97. The van der Waals surface area contributed by atoms with E-state index in [0.29, 0.717) is 0 Å². The summed E-state index contributed by atoms with van der Waals surface area (Å²) in [6, 6.07) is 20.8. The molecule has 1 heterocycles. The van der Waals surface area contributed by atoms with Gasteiger partial charge in [0.15, 0.2) is 0 Å². The molecule has 1 N–H and O–H groups in total. The molecule has 2 atom stereocenters. The van der Waals surface area contributed by atoms with Crippen LogP contribution in [0.5, 0.6) is 0 Å². The summed E-state index contributed by atoms with van der Waals surface area (Å²) in [4.78, 5) is 2.31. The molecule has 0 aliphatic carbocycles. The zero-order chi connectivity index (χ0) is 12.4.